The van der Waals surface area contributed by atoms with Crippen LogP contribution in [0.2, 0.25) is 0 Å². The van der Waals surface area contributed by atoms with Crippen LogP contribution in [-0.2, 0) is 4.79 Å². The highest BCUT2D eigenvalue weighted by atomic mass is 16.3. The number of aliphatic hydroxyl groups is 1. The maximum Gasteiger partial charge on any atom is 0.256 e. The molecule has 3 rings (SSSR count). The fourth-order valence-corrected chi connectivity index (χ4v) is 3.49. The van der Waals surface area contributed by atoms with Gasteiger partial charge in [0.1, 0.15) is 5.76 Å². The van der Waals surface area contributed by atoms with Crippen LogP contribution in [-0.4, -0.2) is 16.6 Å². The van der Waals surface area contributed by atoms with Gasteiger partial charge in [-0.15, -0.1) is 6.42 Å². The first-order chi connectivity index (χ1) is 10.1. The first-order valence-corrected chi connectivity index (χ1v) is 7.41. The van der Waals surface area contributed by atoms with Crippen LogP contribution in [0.25, 0.3) is 5.57 Å². The van der Waals surface area contributed by atoms with Crippen LogP contribution in [0.3, 0.4) is 0 Å². The van der Waals surface area contributed by atoms with Crippen molar-refractivity contribution >= 4 is 11.5 Å². The molecule has 1 aliphatic carbocycles. The van der Waals surface area contributed by atoms with Crippen LogP contribution >= 0.6 is 0 Å². The lowest BCUT2D eigenvalue weighted by Gasteiger charge is -2.33. The van der Waals surface area contributed by atoms with E-state index in [-0.39, 0.29) is 11.7 Å². The summed E-state index contributed by atoms with van der Waals surface area (Å²) in [5.41, 5.74) is 2.34. The molecule has 0 bridgehead atoms. The zero-order valence-electron chi connectivity index (χ0n) is 12.2. The number of nitrogens with one attached hydrogen (secondary N) is 1. The molecule has 1 heterocycles. The van der Waals surface area contributed by atoms with Crippen LogP contribution in [0.15, 0.2) is 24.0 Å². The molecule has 3 heteroatoms. The normalized spacial score (nSPS) is 20.5. The molecule has 1 saturated carbocycles. The molecule has 0 unspecified atom stereocenters. The van der Waals surface area contributed by atoms with E-state index >= 15 is 0 Å². The molecule has 1 fully saturated rings. The van der Waals surface area contributed by atoms with E-state index in [1.54, 1.807) is 0 Å². The van der Waals surface area contributed by atoms with Crippen LogP contribution < -0.4 is 5.32 Å². The van der Waals surface area contributed by atoms with E-state index in [4.69, 9.17) is 6.42 Å². The maximum atomic E-state index is 12.4. The largest absolute Gasteiger partial charge is 0.509 e. The Hall–Kier alpha value is -2.21. The van der Waals surface area contributed by atoms with Crippen LogP contribution in [0.4, 0.5) is 0 Å². The van der Waals surface area contributed by atoms with Crippen LogP contribution in [0, 0.1) is 19.3 Å². The number of terminal acetylenes is 1. The fraction of sp³-hybridized carbons (Fsp3) is 0.389. The minimum atomic E-state index is -0.540. The number of aliphatic hydroxyl groups excluding tert-OH is 1. The Labute approximate surface area is 125 Å². The maximum absolute atomic E-state index is 12.4. The van der Waals surface area contributed by atoms with E-state index < -0.39 is 5.54 Å². The second-order valence-electron chi connectivity index (χ2n) is 5.99. The van der Waals surface area contributed by atoms with Gasteiger partial charge in [-0.1, -0.05) is 31.2 Å². The summed E-state index contributed by atoms with van der Waals surface area (Å²) in [7, 11) is 0. The minimum absolute atomic E-state index is 0.175. The highest BCUT2D eigenvalue weighted by Crippen LogP contribution is 2.41. The lowest BCUT2D eigenvalue weighted by molar-refractivity contribution is -0.116. The van der Waals surface area contributed by atoms with Gasteiger partial charge < -0.3 is 10.4 Å². The summed E-state index contributed by atoms with van der Waals surface area (Å²) in [6, 6.07) is 5.51. The number of amides is 1. The summed E-state index contributed by atoms with van der Waals surface area (Å²) in [5.74, 6) is 2.62. The number of benzene rings is 1. The highest BCUT2D eigenvalue weighted by molar-refractivity contribution is 6.23. The molecule has 21 heavy (non-hydrogen) atoms. The van der Waals surface area contributed by atoms with Gasteiger partial charge in [0, 0.05) is 5.56 Å². The lowest BCUT2D eigenvalue weighted by atomic mass is 9.80. The van der Waals surface area contributed by atoms with E-state index in [1.165, 1.54) is 0 Å². The Morgan fingerprint density at radius 3 is 2.62 bits per heavy atom. The molecule has 0 saturated heterocycles. The van der Waals surface area contributed by atoms with Gasteiger partial charge >= 0.3 is 0 Å². The van der Waals surface area contributed by atoms with Crippen molar-refractivity contribution < 1.29 is 9.90 Å². The molecule has 1 aliphatic heterocycles. The van der Waals surface area contributed by atoms with Crippen LogP contribution in [0.1, 0.15) is 48.8 Å². The Bertz CT molecular complexity index is 673. The first kappa shape index (κ1) is 13.8. The van der Waals surface area contributed by atoms with Gasteiger partial charge in [0.25, 0.3) is 5.91 Å². The SMILES string of the molecule is C#Cc1ccc(C2=C(O)C3(CCCCC3)NC2=O)c(C)c1. The van der Waals surface area contributed by atoms with Gasteiger partial charge in [-0.05, 0) is 43.0 Å². The van der Waals surface area contributed by atoms with Gasteiger partial charge in [0.2, 0.25) is 0 Å². The summed E-state index contributed by atoms with van der Waals surface area (Å²) < 4.78 is 0. The summed E-state index contributed by atoms with van der Waals surface area (Å²) in [5, 5.41) is 13.7. The topological polar surface area (TPSA) is 49.3 Å². The van der Waals surface area contributed by atoms with E-state index in [0.29, 0.717) is 5.57 Å². The first-order valence-electron chi connectivity index (χ1n) is 7.41. The molecule has 1 aromatic rings. The molecule has 2 aliphatic rings. The van der Waals surface area contributed by atoms with Crippen molar-refractivity contribution in [3.8, 4) is 12.3 Å². The van der Waals surface area contributed by atoms with Crippen molar-refractivity contribution in [1.82, 2.24) is 5.32 Å². The second kappa shape index (κ2) is 4.96. The number of aryl methyl sites for hydroxylation is 1. The predicted octanol–water partition coefficient (Wildman–Crippen LogP) is 3.08. The summed E-state index contributed by atoms with van der Waals surface area (Å²) in [4.78, 5) is 12.4. The van der Waals surface area contributed by atoms with Crippen molar-refractivity contribution in [1.29, 1.82) is 0 Å². The Kier molecular flexibility index (Phi) is 3.25. The molecule has 3 nitrogen and oxygen atoms in total. The molecule has 1 amide bonds. The molecule has 0 atom stereocenters. The second-order valence-corrected chi connectivity index (χ2v) is 5.99. The zero-order chi connectivity index (χ0) is 15.0. The Morgan fingerprint density at radius 1 is 1.29 bits per heavy atom. The van der Waals surface area contributed by atoms with Crippen LogP contribution in [0.5, 0.6) is 0 Å². The Balaban J connectivity index is 2.08. The van der Waals surface area contributed by atoms with E-state index in [2.05, 4.69) is 11.2 Å². The van der Waals surface area contributed by atoms with E-state index in [9.17, 15) is 9.90 Å². The molecule has 1 spiro atoms. The van der Waals surface area contributed by atoms with Crippen molar-refractivity contribution in [2.45, 2.75) is 44.6 Å². The molecular weight excluding hydrogens is 262 g/mol. The third-order valence-electron chi connectivity index (χ3n) is 4.64. The molecule has 0 radical (unpaired) electrons. The average Bonchev–Trinajstić information content (AvgIpc) is 2.71. The Morgan fingerprint density at radius 2 is 2.00 bits per heavy atom. The van der Waals surface area contributed by atoms with Crippen molar-refractivity contribution in [3.63, 3.8) is 0 Å². The number of rotatable bonds is 1. The third-order valence-corrected chi connectivity index (χ3v) is 4.64. The van der Waals surface area contributed by atoms with Gasteiger partial charge in [-0.3, -0.25) is 4.79 Å². The number of hydrogen-bond donors (Lipinski definition) is 2. The molecule has 1 aromatic carbocycles. The minimum Gasteiger partial charge on any atom is -0.509 e. The van der Waals surface area contributed by atoms with Gasteiger partial charge in [-0.25, -0.2) is 0 Å². The molecule has 2 N–H and O–H groups in total. The predicted molar refractivity (Wildman–Crippen MR) is 82.6 cm³/mol. The number of carbonyl (C=O) groups is 1. The monoisotopic (exact) mass is 281 g/mol. The number of hydrogen-bond acceptors (Lipinski definition) is 2. The average molecular weight is 281 g/mol. The van der Waals surface area contributed by atoms with E-state index in [0.717, 1.165) is 48.8 Å². The zero-order valence-corrected chi connectivity index (χ0v) is 12.2. The van der Waals surface area contributed by atoms with Gasteiger partial charge in [-0.2, -0.15) is 0 Å². The molecule has 0 aromatic heterocycles. The third kappa shape index (κ3) is 2.12. The molecular formula is C18H19NO2. The highest BCUT2D eigenvalue weighted by Gasteiger charge is 2.46. The van der Waals surface area contributed by atoms with Gasteiger partial charge in [0.05, 0.1) is 11.1 Å². The summed E-state index contributed by atoms with van der Waals surface area (Å²) in [6.07, 6.45) is 10.3. The fourth-order valence-electron chi connectivity index (χ4n) is 3.49. The van der Waals surface area contributed by atoms with Crippen molar-refractivity contribution in [2.24, 2.45) is 0 Å². The quantitative estimate of drug-likeness (QED) is 0.777. The van der Waals surface area contributed by atoms with E-state index in [1.807, 2.05) is 25.1 Å². The van der Waals surface area contributed by atoms with Crippen molar-refractivity contribution in [2.75, 3.05) is 0 Å². The van der Waals surface area contributed by atoms with Gasteiger partial charge in [0.15, 0.2) is 0 Å². The molecule has 108 valence electrons. The summed E-state index contributed by atoms with van der Waals surface area (Å²) in [6.45, 7) is 1.91. The smallest absolute Gasteiger partial charge is 0.256 e. The summed E-state index contributed by atoms with van der Waals surface area (Å²) >= 11 is 0. The standard InChI is InChI=1S/C18H19NO2/c1-3-13-7-8-14(12(2)11-13)15-16(20)18(19-17(15)21)9-5-4-6-10-18/h1,7-8,11,20H,4-6,9-10H2,2H3,(H,19,21). The van der Waals surface area contributed by atoms with Crippen molar-refractivity contribution in [3.05, 3.63) is 40.6 Å². The lowest BCUT2D eigenvalue weighted by Crippen LogP contribution is -2.46. The number of carbonyl (C=O) groups excluding carboxylic acids is 1.